The first-order chi connectivity index (χ1) is 14.3. The Morgan fingerprint density at radius 1 is 1.23 bits per heavy atom. The zero-order valence-electron chi connectivity index (χ0n) is 18.3. The van der Waals surface area contributed by atoms with Gasteiger partial charge in [0.15, 0.2) is 6.61 Å². The molecule has 8 nitrogen and oxygen atoms in total. The molecule has 1 aliphatic rings. The summed E-state index contributed by atoms with van der Waals surface area (Å²) in [7, 11) is 7.14. The number of likely N-dealkylation sites (tertiary alicyclic amines) is 1. The number of hydrogen-bond acceptors (Lipinski definition) is 6. The van der Waals surface area contributed by atoms with Crippen molar-refractivity contribution >= 4 is 17.8 Å². The van der Waals surface area contributed by atoms with Crippen molar-refractivity contribution in [2.45, 2.75) is 19.3 Å². The smallest absolute Gasteiger partial charge is 0.260 e. The summed E-state index contributed by atoms with van der Waals surface area (Å²) >= 11 is 0. The van der Waals surface area contributed by atoms with E-state index in [1.54, 1.807) is 30.1 Å². The van der Waals surface area contributed by atoms with E-state index >= 15 is 0 Å². The van der Waals surface area contributed by atoms with Crippen molar-refractivity contribution < 1.29 is 14.3 Å². The fraction of sp³-hybridized carbons (Fsp3) is 0.455. The SMILES string of the molecule is Cc1cccc(OCC(=O)N2CCC(c3nc(N(C)C)ncc3C(=O)N(C)C)C2)c1. The average Bonchev–Trinajstić information content (AvgIpc) is 3.21. The molecule has 8 heteroatoms. The minimum absolute atomic E-state index is 0.00756. The number of aromatic nitrogens is 2. The van der Waals surface area contributed by atoms with Crippen molar-refractivity contribution in [2.24, 2.45) is 0 Å². The summed E-state index contributed by atoms with van der Waals surface area (Å²) in [6.07, 6.45) is 2.33. The number of benzene rings is 1. The maximum absolute atomic E-state index is 12.7. The quantitative estimate of drug-likeness (QED) is 0.723. The summed E-state index contributed by atoms with van der Waals surface area (Å²) < 4.78 is 5.66. The van der Waals surface area contributed by atoms with Gasteiger partial charge in [0.25, 0.3) is 11.8 Å². The maximum Gasteiger partial charge on any atom is 0.260 e. The molecule has 0 saturated carbocycles. The number of hydrogen-bond donors (Lipinski definition) is 0. The van der Waals surface area contributed by atoms with Crippen LogP contribution in [0.5, 0.6) is 5.75 Å². The number of amides is 2. The van der Waals surface area contributed by atoms with Crippen molar-refractivity contribution in [3.63, 3.8) is 0 Å². The third kappa shape index (κ3) is 4.87. The van der Waals surface area contributed by atoms with Crippen molar-refractivity contribution in [1.82, 2.24) is 19.8 Å². The van der Waals surface area contributed by atoms with Crippen molar-refractivity contribution in [2.75, 3.05) is 52.8 Å². The van der Waals surface area contributed by atoms with Crippen LogP contribution in [0.2, 0.25) is 0 Å². The zero-order chi connectivity index (χ0) is 21.8. The van der Waals surface area contributed by atoms with Crippen molar-refractivity contribution in [3.05, 3.63) is 47.3 Å². The predicted molar refractivity (Wildman–Crippen MR) is 115 cm³/mol. The molecular formula is C22H29N5O3. The molecule has 3 rings (SSSR count). The first kappa shape index (κ1) is 21.5. The molecular weight excluding hydrogens is 382 g/mol. The molecule has 1 aromatic heterocycles. The van der Waals surface area contributed by atoms with Crippen LogP contribution in [0.15, 0.2) is 30.5 Å². The van der Waals surface area contributed by atoms with E-state index in [0.29, 0.717) is 36.0 Å². The van der Waals surface area contributed by atoms with Gasteiger partial charge in [0.2, 0.25) is 5.95 Å². The molecule has 0 bridgehead atoms. The van der Waals surface area contributed by atoms with Gasteiger partial charge in [-0.25, -0.2) is 9.97 Å². The van der Waals surface area contributed by atoms with Crippen LogP contribution in [-0.4, -0.2) is 79.5 Å². The fourth-order valence-electron chi connectivity index (χ4n) is 3.47. The number of nitrogens with zero attached hydrogens (tertiary/aromatic N) is 5. The summed E-state index contributed by atoms with van der Waals surface area (Å²) in [5, 5.41) is 0. The summed E-state index contributed by atoms with van der Waals surface area (Å²) in [4.78, 5) is 39.4. The number of rotatable bonds is 6. The van der Waals surface area contributed by atoms with Gasteiger partial charge in [0, 0.05) is 53.4 Å². The molecule has 1 atom stereocenters. The normalized spacial score (nSPS) is 15.8. The number of carbonyl (C=O) groups is 2. The Kier molecular flexibility index (Phi) is 6.54. The Labute approximate surface area is 177 Å². The van der Waals surface area contributed by atoms with Gasteiger partial charge in [-0.15, -0.1) is 0 Å². The summed E-state index contributed by atoms with van der Waals surface area (Å²) in [6.45, 7) is 3.09. The van der Waals surface area contributed by atoms with E-state index < -0.39 is 0 Å². The number of carbonyl (C=O) groups excluding carboxylic acids is 2. The molecule has 0 N–H and O–H groups in total. The molecule has 1 saturated heterocycles. The molecule has 0 spiro atoms. The van der Waals surface area contributed by atoms with Crippen LogP contribution in [-0.2, 0) is 4.79 Å². The molecule has 2 aromatic rings. The lowest BCUT2D eigenvalue weighted by atomic mass is 9.99. The monoisotopic (exact) mass is 411 g/mol. The Morgan fingerprint density at radius 3 is 2.67 bits per heavy atom. The van der Waals surface area contributed by atoms with Gasteiger partial charge in [0.05, 0.1) is 11.3 Å². The van der Waals surface area contributed by atoms with E-state index in [1.807, 2.05) is 45.3 Å². The van der Waals surface area contributed by atoms with Crippen LogP contribution in [0.3, 0.4) is 0 Å². The van der Waals surface area contributed by atoms with E-state index in [9.17, 15) is 9.59 Å². The van der Waals surface area contributed by atoms with Gasteiger partial charge < -0.3 is 19.4 Å². The molecule has 2 heterocycles. The minimum atomic E-state index is -0.136. The minimum Gasteiger partial charge on any atom is -0.484 e. The zero-order valence-corrected chi connectivity index (χ0v) is 18.3. The fourth-order valence-corrected chi connectivity index (χ4v) is 3.47. The number of aryl methyl sites for hydroxylation is 1. The van der Waals surface area contributed by atoms with Crippen LogP contribution < -0.4 is 9.64 Å². The lowest BCUT2D eigenvalue weighted by Gasteiger charge is -2.20. The lowest BCUT2D eigenvalue weighted by molar-refractivity contribution is -0.132. The third-order valence-corrected chi connectivity index (χ3v) is 5.12. The van der Waals surface area contributed by atoms with Crippen molar-refractivity contribution in [3.8, 4) is 5.75 Å². The number of ether oxygens (including phenoxy) is 1. The summed E-state index contributed by atoms with van der Waals surface area (Å²) in [5.41, 5.74) is 2.27. The van der Waals surface area contributed by atoms with Crippen LogP contribution in [0.1, 0.15) is 34.0 Å². The number of anilines is 1. The summed E-state index contributed by atoms with van der Waals surface area (Å²) in [5.74, 6) is 1.01. The topological polar surface area (TPSA) is 78.9 Å². The second-order valence-corrected chi connectivity index (χ2v) is 7.99. The van der Waals surface area contributed by atoms with Crippen LogP contribution in [0, 0.1) is 6.92 Å². The Bertz CT molecular complexity index is 929. The van der Waals surface area contributed by atoms with Gasteiger partial charge >= 0.3 is 0 Å². The highest BCUT2D eigenvalue weighted by Crippen LogP contribution is 2.29. The Balaban J connectivity index is 1.72. The van der Waals surface area contributed by atoms with Gasteiger partial charge in [-0.2, -0.15) is 0 Å². The standard InChI is InChI=1S/C22H29N5O3/c1-15-7-6-8-17(11-15)30-14-19(28)27-10-9-16(13-27)20-18(21(29)25(2)3)12-23-22(24-20)26(4)5/h6-8,11-12,16H,9-10,13-14H2,1-5H3. The molecule has 1 aliphatic heterocycles. The highest BCUT2D eigenvalue weighted by Gasteiger charge is 2.32. The lowest BCUT2D eigenvalue weighted by Crippen LogP contribution is -2.33. The Morgan fingerprint density at radius 2 is 2.00 bits per heavy atom. The first-order valence-corrected chi connectivity index (χ1v) is 9.99. The molecule has 1 fully saturated rings. The van der Waals surface area contributed by atoms with E-state index in [1.165, 1.54) is 4.90 Å². The molecule has 0 aliphatic carbocycles. The summed E-state index contributed by atoms with van der Waals surface area (Å²) in [6, 6.07) is 7.64. The van der Waals surface area contributed by atoms with Gasteiger partial charge in [-0.1, -0.05) is 12.1 Å². The Hall–Kier alpha value is -3.16. The second kappa shape index (κ2) is 9.11. The molecule has 2 amide bonds. The maximum atomic E-state index is 12.7. The van der Waals surface area contributed by atoms with E-state index in [-0.39, 0.29) is 24.3 Å². The van der Waals surface area contributed by atoms with E-state index in [4.69, 9.17) is 4.74 Å². The molecule has 1 aromatic carbocycles. The first-order valence-electron chi connectivity index (χ1n) is 9.99. The van der Waals surface area contributed by atoms with Crippen molar-refractivity contribution in [1.29, 1.82) is 0 Å². The molecule has 160 valence electrons. The van der Waals surface area contributed by atoms with Gasteiger partial charge in [-0.05, 0) is 31.0 Å². The molecule has 30 heavy (non-hydrogen) atoms. The van der Waals surface area contributed by atoms with Crippen LogP contribution >= 0.6 is 0 Å². The van der Waals surface area contributed by atoms with E-state index in [2.05, 4.69) is 9.97 Å². The van der Waals surface area contributed by atoms with E-state index in [0.717, 1.165) is 12.0 Å². The largest absolute Gasteiger partial charge is 0.484 e. The van der Waals surface area contributed by atoms with Gasteiger partial charge in [0.1, 0.15) is 5.75 Å². The average molecular weight is 412 g/mol. The second-order valence-electron chi connectivity index (χ2n) is 7.99. The third-order valence-electron chi connectivity index (χ3n) is 5.12. The van der Waals surface area contributed by atoms with Crippen LogP contribution in [0.4, 0.5) is 5.95 Å². The molecule has 1 unspecified atom stereocenters. The highest BCUT2D eigenvalue weighted by molar-refractivity contribution is 5.95. The highest BCUT2D eigenvalue weighted by atomic mass is 16.5. The van der Waals surface area contributed by atoms with Gasteiger partial charge in [-0.3, -0.25) is 9.59 Å². The van der Waals surface area contributed by atoms with Crippen LogP contribution in [0.25, 0.3) is 0 Å². The molecule has 0 radical (unpaired) electrons. The predicted octanol–water partition coefficient (Wildman–Crippen LogP) is 1.95.